The predicted octanol–water partition coefficient (Wildman–Crippen LogP) is 6.05. The zero-order valence-corrected chi connectivity index (χ0v) is 18.2. The molecule has 1 aliphatic carbocycles. The highest BCUT2D eigenvalue weighted by Crippen LogP contribution is 2.39. The molecular weight excluding hydrogens is 396 g/mol. The number of nitrogens with zero attached hydrogens (tertiary/aromatic N) is 3. The molecule has 2 N–H and O–H groups in total. The third kappa shape index (κ3) is 2.77. The Labute approximate surface area is 186 Å². The van der Waals surface area contributed by atoms with Crippen LogP contribution in [0.15, 0.2) is 60.7 Å². The number of hydrogen-bond donors (Lipinski definition) is 1. The number of rotatable bonds is 4. The largest absolute Gasteiger partial charge is 0.366 e. The molecule has 0 aliphatic heterocycles. The van der Waals surface area contributed by atoms with Crippen molar-refractivity contribution in [1.29, 1.82) is 0 Å². The molecule has 5 heteroatoms. The Morgan fingerprint density at radius 1 is 0.969 bits per heavy atom. The number of benzene rings is 3. The monoisotopic (exact) mass is 422 g/mol. The van der Waals surface area contributed by atoms with Gasteiger partial charge in [0.15, 0.2) is 0 Å². The van der Waals surface area contributed by atoms with Crippen molar-refractivity contribution in [3.8, 4) is 11.4 Å². The summed E-state index contributed by atoms with van der Waals surface area (Å²) in [6.07, 6.45) is 4.80. The molecule has 0 saturated heterocycles. The summed E-state index contributed by atoms with van der Waals surface area (Å²) in [7, 11) is 0. The summed E-state index contributed by atoms with van der Waals surface area (Å²) in [5.74, 6) is 0.557. The Morgan fingerprint density at radius 3 is 2.50 bits per heavy atom. The molecule has 0 atom stereocenters. The summed E-state index contributed by atoms with van der Waals surface area (Å²) in [6.45, 7) is 3.12. The highest BCUT2D eigenvalue weighted by molar-refractivity contribution is 6.09. The van der Waals surface area contributed by atoms with Crippen LogP contribution in [0, 0.1) is 0 Å². The maximum atomic E-state index is 11.7. The van der Waals surface area contributed by atoms with Gasteiger partial charge in [-0.25, -0.2) is 4.98 Å². The maximum absolute atomic E-state index is 11.7. The van der Waals surface area contributed by atoms with Gasteiger partial charge >= 0.3 is 0 Å². The van der Waals surface area contributed by atoms with Crippen molar-refractivity contribution in [3.05, 3.63) is 66.2 Å². The smallest absolute Gasteiger partial charge is 0.248 e. The minimum absolute atomic E-state index is 0.419. The number of primary amides is 1. The first kappa shape index (κ1) is 19.1. The van der Waals surface area contributed by atoms with Gasteiger partial charge < -0.3 is 14.9 Å². The number of aromatic nitrogens is 3. The first-order chi connectivity index (χ1) is 15.7. The summed E-state index contributed by atoms with van der Waals surface area (Å²) in [5, 5.41) is 2.52. The second kappa shape index (κ2) is 7.23. The van der Waals surface area contributed by atoms with Crippen molar-refractivity contribution in [2.24, 2.45) is 5.73 Å². The second-order valence-corrected chi connectivity index (χ2v) is 8.80. The number of aryl methyl sites for hydroxylation is 1. The Balaban J connectivity index is 1.62. The second-order valence-electron chi connectivity index (χ2n) is 8.80. The van der Waals surface area contributed by atoms with Crippen LogP contribution in [0.1, 0.15) is 49.0 Å². The fraction of sp³-hybridized carbons (Fsp3) is 0.259. The lowest BCUT2D eigenvalue weighted by molar-refractivity contribution is 0.100. The van der Waals surface area contributed by atoms with Gasteiger partial charge in [0, 0.05) is 45.5 Å². The summed E-state index contributed by atoms with van der Waals surface area (Å²) < 4.78 is 4.76. The quantitative estimate of drug-likeness (QED) is 0.383. The lowest BCUT2D eigenvalue weighted by Gasteiger charge is -2.17. The van der Waals surface area contributed by atoms with Crippen LogP contribution in [-0.4, -0.2) is 20.0 Å². The number of para-hydroxylation sites is 1. The fourth-order valence-electron chi connectivity index (χ4n) is 5.52. The van der Waals surface area contributed by atoms with Crippen molar-refractivity contribution in [2.75, 3.05) is 0 Å². The minimum Gasteiger partial charge on any atom is -0.366 e. The van der Waals surface area contributed by atoms with Crippen LogP contribution in [0.5, 0.6) is 0 Å². The number of carbonyl (C=O) groups excluding carboxylic acids is 1. The first-order valence-corrected chi connectivity index (χ1v) is 11.5. The van der Waals surface area contributed by atoms with Crippen LogP contribution in [0.4, 0.5) is 0 Å². The molecule has 160 valence electrons. The average molecular weight is 423 g/mol. The highest BCUT2D eigenvalue weighted by atomic mass is 16.1. The number of carbonyl (C=O) groups is 1. The number of imidazole rings is 1. The van der Waals surface area contributed by atoms with Crippen LogP contribution < -0.4 is 5.73 Å². The summed E-state index contributed by atoms with van der Waals surface area (Å²) in [6, 6.07) is 21.4. The van der Waals surface area contributed by atoms with Crippen LogP contribution in [0.2, 0.25) is 0 Å². The zero-order chi connectivity index (χ0) is 21.8. The van der Waals surface area contributed by atoms with E-state index in [0.29, 0.717) is 11.6 Å². The van der Waals surface area contributed by atoms with Gasteiger partial charge in [-0.1, -0.05) is 31.0 Å². The normalized spacial score (nSPS) is 14.8. The Kier molecular flexibility index (Phi) is 4.32. The van der Waals surface area contributed by atoms with Gasteiger partial charge in [-0.15, -0.1) is 0 Å². The summed E-state index contributed by atoms with van der Waals surface area (Å²) >= 11 is 0. The molecule has 0 spiro atoms. The molecular formula is C27H26N4O. The van der Waals surface area contributed by atoms with Crippen LogP contribution in [0.25, 0.3) is 44.2 Å². The topological polar surface area (TPSA) is 65.8 Å². The van der Waals surface area contributed by atoms with Gasteiger partial charge in [-0.2, -0.15) is 0 Å². The lowest BCUT2D eigenvalue weighted by atomic mass is 10.1. The van der Waals surface area contributed by atoms with Gasteiger partial charge in [0.2, 0.25) is 5.91 Å². The Bertz CT molecular complexity index is 1500. The molecule has 0 unspecified atom stereocenters. The number of hydrogen-bond acceptors (Lipinski definition) is 2. The zero-order valence-electron chi connectivity index (χ0n) is 18.2. The number of nitrogens with two attached hydrogens (primary N) is 1. The Hall–Kier alpha value is -3.60. The molecule has 2 aromatic heterocycles. The van der Waals surface area contributed by atoms with E-state index in [1.807, 2.05) is 18.2 Å². The minimum atomic E-state index is -0.419. The Morgan fingerprint density at radius 2 is 1.72 bits per heavy atom. The molecule has 3 aromatic carbocycles. The predicted molar refractivity (Wildman–Crippen MR) is 130 cm³/mol. The van der Waals surface area contributed by atoms with Gasteiger partial charge in [0.25, 0.3) is 0 Å². The average Bonchev–Trinajstić information content (AvgIpc) is 3.53. The van der Waals surface area contributed by atoms with Gasteiger partial charge in [0.05, 0.1) is 11.0 Å². The van der Waals surface area contributed by atoms with Crippen LogP contribution in [0.3, 0.4) is 0 Å². The lowest BCUT2D eigenvalue weighted by Crippen LogP contribution is -2.10. The molecule has 5 aromatic rings. The molecule has 0 bridgehead atoms. The molecule has 6 rings (SSSR count). The van der Waals surface area contributed by atoms with Gasteiger partial charge in [-0.3, -0.25) is 4.79 Å². The van der Waals surface area contributed by atoms with Gasteiger partial charge in [0.1, 0.15) is 5.82 Å². The van der Waals surface area contributed by atoms with Crippen LogP contribution >= 0.6 is 0 Å². The van der Waals surface area contributed by atoms with E-state index >= 15 is 0 Å². The van der Waals surface area contributed by atoms with E-state index in [9.17, 15) is 4.79 Å². The maximum Gasteiger partial charge on any atom is 0.248 e. The molecule has 5 nitrogen and oxygen atoms in total. The van der Waals surface area contributed by atoms with Crippen LogP contribution in [-0.2, 0) is 6.54 Å². The van der Waals surface area contributed by atoms with Crippen molar-refractivity contribution < 1.29 is 4.79 Å². The van der Waals surface area contributed by atoms with E-state index in [4.69, 9.17) is 10.7 Å². The van der Waals surface area contributed by atoms with E-state index in [1.54, 1.807) is 0 Å². The molecule has 0 radical (unpaired) electrons. The van der Waals surface area contributed by atoms with Crippen molar-refractivity contribution >= 4 is 38.7 Å². The van der Waals surface area contributed by atoms with E-state index in [0.717, 1.165) is 41.8 Å². The molecule has 1 saturated carbocycles. The molecule has 32 heavy (non-hydrogen) atoms. The SMILES string of the molecule is CCn1c2ccccc2c2cc(-c3nc4cc(C(N)=O)ccc4n3C3CCCC3)ccc21. The van der Waals surface area contributed by atoms with E-state index in [-0.39, 0.29) is 0 Å². The standard InChI is InChI=1S/C27H26N4O/c1-2-30-23-10-6-5-9-20(23)21-15-18(12-13-24(21)30)27-29-22-16-17(26(28)32)11-14-25(22)31(27)19-7-3-4-8-19/h5-6,9-16,19H,2-4,7-8H2,1H3,(H2,28,32). The molecule has 1 amide bonds. The molecule has 1 aliphatic rings. The highest BCUT2D eigenvalue weighted by Gasteiger charge is 2.24. The van der Waals surface area contributed by atoms with E-state index < -0.39 is 5.91 Å². The molecule has 2 heterocycles. The fourth-order valence-corrected chi connectivity index (χ4v) is 5.52. The molecule has 1 fully saturated rings. The van der Waals surface area contributed by atoms with E-state index in [1.165, 1.54) is 34.6 Å². The third-order valence-corrected chi connectivity index (χ3v) is 7.01. The van der Waals surface area contributed by atoms with Gasteiger partial charge in [-0.05, 0) is 62.2 Å². The van der Waals surface area contributed by atoms with Crippen molar-refractivity contribution in [3.63, 3.8) is 0 Å². The summed E-state index contributed by atoms with van der Waals surface area (Å²) in [4.78, 5) is 16.8. The first-order valence-electron chi connectivity index (χ1n) is 11.5. The van der Waals surface area contributed by atoms with E-state index in [2.05, 4.69) is 58.5 Å². The van der Waals surface area contributed by atoms with Crippen molar-refractivity contribution in [1.82, 2.24) is 14.1 Å². The third-order valence-electron chi connectivity index (χ3n) is 7.01. The number of amides is 1. The van der Waals surface area contributed by atoms with Crippen molar-refractivity contribution in [2.45, 2.75) is 45.2 Å². The summed E-state index contributed by atoms with van der Waals surface area (Å²) in [5.41, 5.74) is 11.6. The number of fused-ring (bicyclic) bond motifs is 4.